The van der Waals surface area contributed by atoms with Crippen molar-refractivity contribution in [1.82, 2.24) is 9.55 Å². The summed E-state index contributed by atoms with van der Waals surface area (Å²) in [5.74, 6) is 0. The van der Waals surface area contributed by atoms with Crippen molar-refractivity contribution in [2.24, 2.45) is 0 Å². The van der Waals surface area contributed by atoms with Crippen molar-refractivity contribution in [2.75, 3.05) is 0 Å². The standard InChI is InChI=1S/C11H12N2O.C2H6/c1-2-7-13-8-12-10-6-4-3-5-9(10)11(13)14;1-2/h3-6,8H,2,7H2,1H3;1-2H3. The molecule has 2 rings (SSSR count). The summed E-state index contributed by atoms with van der Waals surface area (Å²) in [4.78, 5) is 16.1. The Labute approximate surface area is 95.8 Å². The second-order valence-electron chi connectivity index (χ2n) is 3.26. The Kier molecular flexibility index (Phi) is 4.70. The molecule has 1 aromatic carbocycles. The number of aromatic nitrogens is 2. The molecule has 16 heavy (non-hydrogen) atoms. The Hall–Kier alpha value is -1.64. The van der Waals surface area contributed by atoms with E-state index >= 15 is 0 Å². The first kappa shape index (κ1) is 12.4. The van der Waals surface area contributed by atoms with E-state index in [0.29, 0.717) is 5.39 Å². The van der Waals surface area contributed by atoms with Crippen LogP contribution in [-0.4, -0.2) is 9.55 Å². The van der Waals surface area contributed by atoms with Crippen LogP contribution < -0.4 is 5.56 Å². The van der Waals surface area contributed by atoms with E-state index in [2.05, 4.69) is 4.98 Å². The number of aryl methyl sites for hydroxylation is 1. The second-order valence-corrected chi connectivity index (χ2v) is 3.26. The molecule has 3 nitrogen and oxygen atoms in total. The van der Waals surface area contributed by atoms with Crippen molar-refractivity contribution in [3.8, 4) is 0 Å². The van der Waals surface area contributed by atoms with Crippen molar-refractivity contribution >= 4 is 10.9 Å². The molecule has 0 aliphatic rings. The zero-order valence-corrected chi connectivity index (χ0v) is 10.1. The summed E-state index contributed by atoms with van der Waals surface area (Å²) in [5, 5.41) is 0.698. The number of hydrogen-bond acceptors (Lipinski definition) is 2. The molecule has 0 saturated heterocycles. The summed E-state index contributed by atoms with van der Waals surface area (Å²) < 4.78 is 1.66. The minimum Gasteiger partial charge on any atom is -0.299 e. The van der Waals surface area contributed by atoms with Gasteiger partial charge in [0.2, 0.25) is 0 Å². The third kappa shape index (κ3) is 2.48. The van der Waals surface area contributed by atoms with Crippen LogP contribution >= 0.6 is 0 Å². The lowest BCUT2D eigenvalue weighted by Gasteiger charge is -2.03. The topological polar surface area (TPSA) is 34.9 Å². The van der Waals surface area contributed by atoms with Crippen molar-refractivity contribution < 1.29 is 0 Å². The van der Waals surface area contributed by atoms with Crippen molar-refractivity contribution in [1.29, 1.82) is 0 Å². The van der Waals surface area contributed by atoms with Crippen LogP contribution in [0.2, 0.25) is 0 Å². The molecule has 0 aliphatic heterocycles. The molecule has 2 aromatic rings. The van der Waals surface area contributed by atoms with Crippen LogP contribution in [0.25, 0.3) is 10.9 Å². The van der Waals surface area contributed by atoms with Gasteiger partial charge in [-0.2, -0.15) is 0 Å². The van der Waals surface area contributed by atoms with Gasteiger partial charge in [-0.3, -0.25) is 9.36 Å². The summed E-state index contributed by atoms with van der Waals surface area (Å²) in [7, 11) is 0. The number of hydrogen-bond donors (Lipinski definition) is 0. The number of benzene rings is 1. The van der Waals surface area contributed by atoms with E-state index in [9.17, 15) is 4.79 Å². The largest absolute Gasteiger partial charge is 0.299 e. The summed E-state index contributed by atoms with van der Waals surface area (Å²) in [6.45, 7) is 6.78. The maximum absolute atomic E-state index is 11.8. The van der Waals surface area contributed by atoms with Gasteiger partial charge in [-0.15, -0.1) is 0 Å². The van der Waals surface area contributed by atoms with Gasteiger partial charge in [-0.25, -0.2) is 4.98 Å². The Morgan fingerprint density at radius 2 is 1.94 bits per heavy atom. The molecule has 0 spiro atoms. The first-order chi connectivity index (χ1) is 7.83. The lowest BCUT2D eigenvalue weighted by Crippen LogP contribution is -2.20. The molecule has 0 bridgehead atoms. The molecule has 0 radical (unpaired) electrons. The van der Waals surface area contributed by atoms with Gasteiger partial charge in [0, 0.05) is 6.54 Å². The van der Waals surface area contributed by atoms with E-state index < -0.39 is 0 Å². The van der Waals surface area contributed by atoms with E-state index in [1.165, 1.54) is 0 Å². The van der Waals surface area contributed by atoms with E-state index in [1.54, 1.807) is 10.9 Å². The zero-order valence-electron chi connectivity index (χ0n) is 10.1. The number of rotatable bonds is 2. The molecule has 0 aliphatic carbocycles. The summed E-state index contributed by atoms with van der Waals surface area (Å²) >= 11 is 0. The number of fused-ring (bicyclic) bond motifs is 1. The van der Waals surface area contributed by atoms with Gasteiger partial charge in [0.25, 0.3) is 5.56 Å². The molecule has 86 valence electrons. The van der Waals surface area contributed by atoms with Crippen LogP contribution in [0, 0.1) is 0 Å². The highest BCUT2D eigenvalue weighted by Gasteiger charge is 2.01. The fraction of sp³-hybridized carbons (Fsp3) is 0.385. The van der Waals surface area contributed by atoms with Crippen molar-refractivity contribution in [2.45, 2.75) is 33.7 Å². The Bertz CT molecular complexity index is 503. The molecule has 1 heterocycles. The highest BCUT2D eigenvalue weighted by molar-refractivity contribution is 5.76. The van der Waals surface area contributed by atoms with E-state index in [-0.39, 0.29) is 5.56 Å². The Balaban J connectivity index is 0.000000606. The first-order valence-electron chi connectivity index (χ1n) is 5.77. The fourth-order valence-electron chi connectivity index (χ4n) is 1.51. The van der Waals surface area contributed by atoms with E-state index in [1.807, 2.05) is 45.0 Å². The summed E-state index contributed by atoms with van der Waals surface area (Å²) in [6.07, 6.45) is 2.56. The van der Waals surface area contributed by atoms with Gasteiger partial charge < -0.3 is 0 Å². The minimum absolute atomic E-state index is 0.0532. The molecule has 0 saturated carbocycles. The predicted octanol–water partition coefficient (Wildman–Crippen LogP) is 2.83. The zero-order chi connectivity index (χ0) is 12.0. The average Bonchev–Trinajstić information content (AvgIpc) is 2.36. The first-order valence-corrected chi connectivity index (χ1v) is 5.77. The molecule has 3 heteroatoms. The molecule has 0 amide bonds. The third-order valence-corrected chi connectivity index (χ3v) is 2.20. The van der Waals surface area contributed by atoms with Gasteiger partial charge in [0.05, 0.1) is 17.2 Å². The lowest BCUT2D eigenvalue weighted by molar-refractivity contribution is 0.648. The van der Waals surface area contributed by atoms with Crippen molar-refractivity contribution in [3.63, 3.8) is 0 Å². The Morgan fingerprint density at radius 1 is 1.25 bits per heavy atom. The maximum Gasteiger partial charge on any atom is 0.261 e. The third-order valence-electron chi connectivity index (χ3n) is 2.20. The quantitative estimate of drug-likeness (QED) is 0.777. The highest BCUT2D eigenvalue weighted by atomic mass is 16.1. The Morgan fingerprint density at radius 3 is 2.62 bits per heavy atom. The normalized spacial score (nSPS) is 9.69. The smallest absolute Gasteiger partial charge is 0.261 e. The summed E-state index contributed by atoms with van der Waals surface area (Å²) in [5.41, 5.74) is 0.822. The van der Waals surface area contributed by atoms with Crippen LogP contribution in [0.15, 0.2) is 35.4 Å². The lowest BCUT2D eigenvalue weighted by atomic mass is 10.2. The minimum atomic E-state index is 0.0532. The molecule has 0 N–H and O–H groups in total. The van der Waals surface area contributed by atoms with Gasteiger partial charge >= 0.3 is 0 Å². The van der Waals surface area contributed by atoms with E-state index in [0.717, 1.165) is 18.5 Å². The molecule has 0 atom stereocenters. The van der Waals surface area contributed by atoms with Crippen LogP contribution in [0.4, 0.5) is 0 Å². The molecular formula is C13H18N2O. The molecule has 1 aromatic heterocycles. The van der Waals surface area contributed by atoms with Gasteiger partial charge in [-0.05, 0) is 18.6 Å². The predicted molar refractivity (Wildman–Crippen MR) is 67.6 cm³/mol. The van der Waals surface area contributed by atoms with Crippen LogP contribution in [-0.2, 0) is 6.54 Å². The van der Waals surface area contributed by atoms with Crippen LogP contribution in [0.5, 0.6) is 0 Å². The average molecular weight is 218 g/mol. The van der Waals surface area contributed by atoms with E-state index in [4.69, 9.17) is 0 Å². The van der Waals surface area contributed by atoms with Crippen LogP contribution in [0.3, 0.4) is 0 Å². The monoisotopic (exact) mass is 218 g/mol. The van der Waals surface area contributed by atoms with Gasteiger partial charge in [0.1, 0.15) is 0 Å². The number of nitrogens with zero attached hydrogens (tertiary/aromatic N) is 2. The number of para-hydroxylation sites is 1. The molecule has 0 fully saturated rings. The van der Waals surface area contributed by atoms with Gasteiger partial charge in [-0.1, -0.05) is 32.9 Å². The second kappa shape index (κ2) is 6.05. The summed E-state index contributed by atoms with van der Waals surface area (Å²) in [6, 6.07) is 7.42. The highest BCUT2D eigenvalue weighted by Crippen LogP contribution is 2.04. The fourth-order valence-corrected chi connectivity index (χ4v) is 1.51. The maximum atomic E-state index is 11.8. The molecule has 0 unspecified atom stereocenters. The van der Waals surface area contributed by atoms with Crippen molar-refractivity contribution in [3.05, 3.63) is 40.9 Å². The van der Waals surface area contributed by atoms with Gasteiger partial charge in [0.15, 0.2) is 0 Å². The SMILES string of the molecule is CC.CCCn1cnc2ccccc2c1=O. The molecular weight excluding hydrogens is 200 g/mol. The van der Waals surface area contributed by atoms with Crippen LogP contribution in [0.1, 0.15) is 27.2 Å².